The van der Waals surface area contributed by atoms with Crippen molar-refractivity contribution in [1.82, 2.24) is 5.32 Å². The second-order valence-electron chi connectivity index (χ2n) is 4.04. The van der Waals surface area contributed by atoms with Crippen LogP contribution in [0.1, 0.15) is 11.1 Å². The molecule has 0 unspecified atom stereocenters. The van der Waals surface area contributed by atoms with E-state index in [1.165, 1.54) is 11.6 Å². The maximum Gasteiger partial charge on any atom is 0.123 e. The van der Waals surface area contributed by atoms with E-state index in [4.69, 9.17) is 0 Å². The largest absolute Gasteiger partial charge is 0.312 e. The third-order valence-corrected chi connectivity index (χ3v) is 2.65. The molecule has 0 atom stereocenters. The molecule has 0 bridgehead atoms. The quantitative estimate of drug-likeness (QED) is 0.777. The first kappa shape index (κ1) is 11.8. The van der Waals surface area contributed by atoms with Gasteiger partial charge in [0.05, 0.1) is 0 Å². The molecule has 2 aromatic rings. The number of nitrogens with one attached hydrogen (secondary N) is 1. The highest BCUT2D eigenvalue weighted by atomic mass is 19.1. The van der Waals surface area contributed by atoms with Gasteiger partial charge in [-0.05, 0) is 36.2 Å². The van der Waals surface area contributed by atoms with Crippen LogP contribution < -0.4 is 5.32 Å². The van der Waals surface area contributed by atoms with Crippen LogP contribution in [0.2, 0.25) is 0 Å². The fourth-order valence-electron chi connectivity index (χ4n) is 1.76. The predicted molar refractivity (Wildman–Crippen MR) is 68.3 cm³/mol. The molecule has 0 radical (unpaired) electrons. The monoisotopic (exact) mass is 229 g/mol. The van der Waals surface area contributed by atoms with E-state index < -0.39 is 0 Å². The van der Waals surface area contributed by atoms with Gasteiger partial charge in [-0.15, -0.1) is 0 Å². The van der Waals surface area contributed by atoms with Gasteiger partial charge in [-0.2, -0.15) is 0 Å². The Morgan fingerprint density at radius 1 is 0.882 bits per heavy atom. The highest BCUT2D eigenvalue weighted by molar-refractivity contribution is 5.17. The summed E-state index contributed by atoms with van der Waals surface area (Å²) in [7, 11) is 0. The van der Waals surface area contributed by atoms with Crippen LogP contribution in [0.25, 0.3) is 0 Å². The van der Waals surface area contributed by atoms with Crippen LogP contribution in [0.15, 0.2) is 54.6 Å². The first-order chi connectivity index (χ1) is 8.34. The Morgan fingerprint density at radius 2 is 1.65 bits per heavy atom. The number of hydrogen-bond donors (Lipinski definition) is 1. The van der Waals surface area contributed by atoms with Crippen LogP contribution in [0.3, 0.4) is 0 Å². The maximum absolute atomic E-state index is 12.9. The summed E-state index contributed by atoms with van der Waals surface area (Å²) in [6.07, 6.45) is 0.996. The van der Waals surface area contributed by atoms with E-state index in [-0.39, 0.29) is 5.82 Å². The van der Waals surface area contributed by atoms with Crippen LogP contribution in [0.5, 0.6) is 0 Å². The number of halogens is 1. The summed E-state index contributed by atoms with van der Waals surface area (Å²) in [5.41, 5.74) is 2.30. The second kappa shape index (κ2) is 6.16. The van der Waals surface area contributed by atoms with Crippen LogP contribution in [-0.2, 0) is 13.0 Å². The zero-order valence-corrected chi connectivity index (χ0v) is 9.70. The molecule has 2 aromatic carbocycles. The van der Waals surface area contributed by atoms with E-state index in [1.54, 1.807) is 12.1 Å². The summed E-state index contributed by atoms with van der Waals surface area (Å²) in [6, 6.07) is 17.0. The Balaban J connectivity index is 1.73. The lowest BCUT2D eigenvalue weighted by molar-refractivity contribution is 0.620. The Hall–Kier alpha value is -1.67. The highest BCUT2D eigenvalue weighted by Crippen LogP contribution is 2.03. The fraction of sp³-hybridized carbons (Fsp3) is 0.200. The topological polar surface area (TPSA) is 12.0 Å². The van der Waals surface area contributed by atoms with Gasteiger partial charge in [-0.3, -0.25) is 0 Å². The molecule has 0 heterocycles. The van der Waals surface area contributed by atoms with Crippen molar-refractivity contribution in [3.8, 4) is 0 Å². The molecule has 0 spiro atoms. The summed E-state index contributed by atoms with van der Waals surface area (Å²) in [4.78, 5) is 0. The van der Waals surface area contributed by atoms with Crippen molar-refractivity contribution in [1.29, 1.82) is 0 Å². The lowest BCUT2D eigenvalue weighted by Crippen LogP contribution is -2.16. The van der Waals surface area contributed by atoms with E-state index >= 15 is 0 Å². The molecule has 1 N–H and O–H groups in total. The lowest BCUT2D eigenvalue weighted by Gasteiger charge is -2.05. The van der Waals surface area contributed by atoms with Crippen molar-refractivity contribution in [2.45, 2.75) is 13.0 Å². The molecule has 0 saturated heterocycles. The predicted octanol–water partition coefficient (Wildman–Crippen LogP) is 3.16. The van der Waals surface area contributed by atoms with Gasteiger partial charge < -0.3 is 5.32 Å². The average Bonchev–Trinajstić information content (AvgIpc) is 2.36. The smallest absolute Gasteiger partial charge is 0.123 e. The minimum absolute atomic E-state index is 0.174. The van der Waals surface area contributed by atoms with Gasteiger partial charge in [0.15, 0.2) is 0 Å². The molecule has 0 aliphatic rings. The van der Waals surface area contributed by atoms with E-state index in [1.807, 2.05) is 24.3 Å². The Kier molecular flexibility index (Phi) is 4.28. The van der Waals surface area contributed by atoms with Gasteiger partial charge in [0, 0.05) is 6.54 Å². The first-order valence-corrected chi connectivity index (χ1v) is 5.84. The Morgan fingerprint density at radius 3 is 2.41 bits per heavy atom. The first-order valence-electron chi connectivity index (χ1n) is 5.84. The molecule has 2 rings (SSSR count). The van der Waals surface area contributed by atoms with Crippen molar-refractivity contribution >= 4 is 0 Å². The van der Waals surface area contributed by atoms with E-state index in [0.29, 0.717) is 6.54 Å². The van der Waals surface area contributed by atoms with Gasteiger partial charge >= 0.3 is 0 Å². The highest BCUT2D eigenvalue weighted by Gasteiger charge is 1.95. The Labute approximate surface area is 101 Å². The summed E-state index contributed by atoms with van der Waals surface area (Å²) in [5, 5.41) is 3.31. The van der Waals surface area contributed by atoms with Gasteiger partial charge in [-0.1, -0.05) is 42.5 Å². The molecule has 17 heavy (non-hydrogen) atoms. The summed E-state index contributed by atoms with van der Waals surface area (Å²) < 4.78 is 12.9. The molecule has 0 aliphatic heterocycles. The molecule has 0 saturated carbocycles. The molecular weight excluding hydrogens is 213 g/mol. The van der Waals surface area contributed by atoms with Crippen molar-refractivity contribution in [2.75, 3.05) is 6.54 Å². The summed E-state index contributed by atoms with van der Waals surface area (Å²) in [5.74, 6) is -0.174. The maximum atomic E-state index is 12.9. The second-order valence-corrected chi connectivity index (χ2v) is 4.04. The molecule has 0 amide bonds. The molecule has 0 fully saturated rings. The molecule has 0 aromatic heterocycles. The molecule has 0 aliphatic carbocycles. The lowest BCUT2D eigenvalue weighted by atomic mass is 10.1. The van der Waals surface area contributed by atoms with Gasteiger partial charge in [0.1, 0.15) is 5.82 Å². The standard InChI is InChI=1S/C15H16FN/c16-15-8-4-7-14(11-15)12-17-10-9-13-5-2-1-3-6-13/h1-8,11,17H,9-10,12H2. The number of benzene rings is 2. The van der Waals surface area contributed by atoms with Crippen LogP contribution >= 0.6 is 0 Å². The minimum Gasteiger partial charge on any atom is -0.312 e. The van der Waals surface area contributed by atoms with Gasteiger partial charge in [0.2, 0.25) is 0 Å². The summed E-state index contributed by atoms with van der Waals surface area (Å²) in [6.45, 7) is 1.62. The third-order valence-electron chi connectivity index (χ3n) is 2.65. The molecule has 1 nitrogen and oxygen atoms in total. The van der Waals surface area contributed by atoms with E-state index in [2.05, 4.69) is 17.4 Å². The van der Waals surface area contributed by atoms with Crippen LogP contribution in [0, 0.1) is 5.82 Å². The van der Waals surface area contributed by atoms with Crippen LogP contribution in [-0.4, -0.2) is 6.54 Å². The van der Waals surface area contributed by atoms with Crippen molar-refractivity contribution in [3.05, 3.63) is 71.5 Å². The summed E-state index contributed by atoms with van der Waals surface area (Å²) >= 11 is 0. The third kappa shape index (κ3) is 4.00. The average molecular weight is 229 g/mol. The molecule has 2 heteroatoms. The zero-order chi connectivity index (χ0) is 11.9. The zero-order valence-electron chi connectivity index (χ0n) is 9.70. The van der Waals surface area contributed by atoms with E-state index in [9.17, 15) is 4.39 Å². The molecule has 88 valence electrons. The van der Waals surface area contributed by atoms with Gasteiger partial charge in [-0.25, -0.2) is 4.39 Å². The minimum atomic E-state index is -0.174. The van der Waals surface area contributed by atoms with Crippen molar-refractivity contribution < 1.29 is 4.39 Å². The van der Waals surface area contributed by atoms with Crippen LogP contribution in [0.4, 0.5) is 4.39 Å². The number of hydrogen-bond acceptors (Lipinski definition) is 1. The van der Waals surface area contributed by atoms with Crippen molar-refractivity contribution in [2.24, 2.45) is 0 Å². The molecular formula is C15H16FN. The normalized spacial score (nSPS) is 10.4. The SMILES string of the molecule is Fc1cccc(CNCCc2ccccc2)c1. The Bertz CT molecular complexity index is 453. The fourth-order valence-corrected chi connectivity index (χ4v) is 1.76. The van der Waals surface area contributed by atoms with Crippen molar-refractivity contribution in [3.63, 3.8) is 0 Å². The van der Waals surface area contributed by atoms with Gasteiger partial charge in [0.25, 0.3) is 0 Å². The van der Waals surface area contributed by atoms with E-state index in [0.717, 1.165) is 18.5 Å². The number of rotatable bonds is 5.